The van der Waals surface area contributed by atoms with Gasteiger partial charge in [-0.2, -0.15) is 0 Å². The maximum absolute atomic E-state index is 9.00. The molecule has 0 saturated heterocycles. The van der Waals surface area contributed by atoms with Gasteiger partial charge in [0.15, 0.2) is 5.96 Å². The van der Waals surface area contributed by atoms with E-state index in [4.69, 9.17) is 26.8 Å². The van der Waals surface area contributed by atoms with Crippen LogP contribution in [0.25, 0.3) is 0 Å². The molecule has 0 spiro atoms. The number of carboxylic acids is 1. The fourth-order valence-corrected chi connectivity index (χ4v) is 5.78. The van der Waals surface area contributed by atoms with E-state index in [1.165, 1.54) is 10.6 Å². The van der Waals surface area contributed by atoms with Crippen LogP contribution >= 0.6 is 0 Å². The van der Waals surface area contributed by atoms with Gasteiger partial charge >= 0.3 is 61.5 Å². The summed E-state index contributed by atoms with van der Waals surface area (Å²) in [4.78, 5) is 9.00. The Labute approximate surface area is 107 Å². The van der Waals surface area contributed by atoms with E-state index in [2.05, 4.69) is 11.5 Å². The summed E-state index contributed by atoms with van der Waals surface area (Å²) in [6.07, 6.45) is 0. The molecule has 98 valence electrons. The van der Waals surface area contributed by atoms with Crippen LogP contribution in [0.1, 0.15) is 6.92 Å². The third kappa shape index (κ3) is 100. The molecule has 0 heterocycles. The summed E-state index contributed by atoms with van der Waals surface area (Å²) in [7, 11) is 0. The number of carboxylic acid groups (broad SMARTS) is 1. The average Bonchev–Trinajstić information content (AvgIpc) is 2.11. The normalized spacial score (nSPS) is 7.94. The second kappa shape index (κ2) is 20.2. The summed E-state index contributed by atoms with van der Waals surface area (Å²) >= 11 is 1.67. The molecule has 9 heteroatoms. The van der Waals surface area contributed by atoms with E-state index in [1.54, 1.807) is 0 Å². The Hall–Kier alpha value is -0.301. The van der Waals surface area contributed by atoms with Crippen LogP contribution in [0.3, 0.4) is 0 Å². The zero-order valence-electron chi connectivity index (χ0n) is 9.31. The van der Waals surface area contributed by atoms with E-state index in [-0.39, 0.29) is 5.96 Å². The minimum absolute atomic E-state index is 0.333. The van der Waals surface area contributed by atoms with Crippen molar-refractivity contribution in [2.75, 3.05) is 13.1 Å². The Kier molecular flexibility index (Phi) is 26.5. The number of hydrogen-bond acceptors (Lipinski definition) is 4. The quantitative estimate of drug-likeness (QED) is 0.143. The molecule has 0 aliphatic rings. The van der Waals surface area contributed by atoms with Crippen LogP contribution in [-0.2, 0) is 4.79 Å². The van der Waals surface area contributed by atoms with Gasteiger partial charge in [0, 0.05) is 6.92 Å². The Balaban J connectivity index is -0.000000179. The maximum atomic E-state index is 9.00. The molecule has 0 radical (unpaired) electrons. The van der Waals surface area contributed by atoms with E-state index in [0.29, 0.717) is 0 Å². The molecule has 0 fully saturated rings. The molecule has 10 N–H and O–H groups in total. The van der Waals surface area contributed by atoms with Crippen LogP contribution in [0.2, 0.25) is 10.6 Å². The number of rotatable bonds is 5. The molecule has 0 aliphatic heterocycles. The van der Waals surface area contributed by atoms with Crippen LogP contribution in [-0.4, -0.2) is 56.4 Å². The van der Waals surface area contributed by atoms with Crippen molar-refractivity contribution in [1.82, 2.24) is 0 Å². The van der Waals surface area contributed by atoms with Crippen LogP contribution in [0.5, 0.6) is 0 Å². The second-order valence-electron chi connectivity index (χ2n) is 2.20. The molecular weight excluding hydrogens is 344 g/mol. The van der Waals surface area contributed by atoms with E-state index in [1.807, 2.05) is 0 Å². The van der Waals surface area contributed by atoms with Crippen molar-refractivity contribution in [3.05, 3.63) is 0 Å². The van der Waals surface area contributed by atoms with Gasteiger partial charge in [-0.15, -0.1) is 0 Å². The van der Waals surface area contributed by atoms with Gasteiger partial charge in [-0.05, 0) is 0 Å². The molecule has 0 bridgehead atoms. The molecule has 0 saturated carbocycles. The fraction of sp³-hybridized carbons (Fsp3) is 0.714. The van der Waals surface area contributed by atoms with Crippen LogP contribution in [0.15, 0.2) is 0 Å². The van der Waals surface area contributed by atoms with Crippen molar-refractivity contribution < 1.29 is 9.90 Å². The molecule has 16 heavy (non-hydrogen) atoms. The number of aliphatic carboxylic acids is 1. The molecule has 0 aliphatic carbocycles. The van der Waals surface area contributed by atoms with Crippen LogP contribution in [0, 0.1) is 5.41 Å². The van der Waals surface area contributed by atoms with Crippen molar-refractivity contribution in [2.24, 2.45) is 22.9 Å². The first-order valence-corrected chi connectivity index (χ1v) is 11.1. The third-order valence-corrected chi connectivity index (χ3v) is 7.97. The standard InChI is InChI=1S/C4H12N2Se2.C2H4O2.CH5N3/c5-1-3-7-8-4-2-6;1-2(3)4;2-1(3)4/h1-6H2;1H3,(H,3,4);(H5,2,3,4). The summed E-state index contributed by atoms with van der Waals surface area (Å²) in [6, 6.07) is 0. The molecule has 0 aromatic rings. The second-order valence-corrected chi connectivity index (χ2v) is 10.0. The predicted octanol–water partition coefficient (Wildman–Crippen LogP) is -2.01. The monoisotopic (exact) mass is 367 g/mol. The molecule has 0 rings (SSSR count). The number of carbonyl (C=O) groups is 1. The predicted molar refractivity (Wildman–Crippen MR) is 68.6 cm³/mol. The molecule has 0 atom stereocenters. The molecule has 7 nitrogen and oxygen atoms in total. The zero-order chi connectivity index (χ0) is 13.4. The molecule has 0 amide bonds. The van der Waals surface area contributed by atoms with Crippen molar-refractivity contribution >= 4 is 38.2 Å². The van der Waals surface area contributed by atoms with Crippen LogP contribution in [0.4, 0.5) is 0 Å². The van der Waals surface area contributed by atoms with Crippen molar-refractivity contribution in [3.8, 4) is 0 Å². The first-order valence-electron chi connectivity index (χ1n) is 4.32. The molecule has 0 aromatic carbocycles. The fourth-order valence-electron chi connectivity index (χ4n) is 0.214. The summed E-state index contributed by atoms with van der Waals surface area (Å²) < 4.78 is 0. The van der Waals surface area contributed by atoms with E-state index < -0.39 is 5.97 Å². The van der Waals surface area contributed by atoms with Gasteiger partial charge in [0.1, 0.15) is 0 Å². The summed E-state index contributed by atoms with van der Waals surface area (Å²) in [6.45, 7) is 2.82. The Bertz CT molecular complexity index is 145. The number of nitrogens with one attached hydrogen (secondary N) is 1. The Morgan fingerprint density at radius 3 is 1.50 bits per heavy atom. The van der Waals surface area contributed by atoms with Gasteiger partial charge in [0.25, 0.3) is 5.97 Å². The SMILES string of the molecule is CC(=O)O.N=C(N)N.NCC[Se][Se]CCN. The Morgan fingerprint density at radius 1 is 1.19 bits per heavy atom. The van der Waals surface area contributed by atoms with Gasteiger partial charge < -0.3 is 16.6 Å². The summed E-state index contributed by atoms with van der Waals surface area (Å²) in [5.74, 6) is -1.17. The van der Waals surface area contributed by atoms with Gasteiger partial charge in [-0.1, -0.05) is 0 Å². The summed E-state index contributed by atoms with van der Waals surface area (Å²) in [5, 5.41) is 16.0. The van der Waals surface area contributed by atoms with Gasteiger partial charge in [0.2, 0.25) is 0 Å². The van der Waals surface area contributed by atoms with Crippen molar-refractivity contribution in [3.63, 3.8) is 0 Å². The van der Waals surface area contributed by atoms with E-state index in [0.717, 1.165) is 46.3 Å². The van der Waals surface area contributed by atoms with Crippen molar-refractivity contribution in [1.29, 1.82) is 5.41 Å². The number of nitrogens with two attached hydrogens (primary N) is 4. The first-order chi connectivity index (χ1) is 7.38. The number of guanidine groups is 1. The minimum atomic E-state index is -0.833. The van der Waals surface area contributed by atoms with E-state index in [9.17, 15) is 0 Å². The molecule has 0 aromatic heterocycles. The van der Waals surface area contributed by atoms with Gasteiger partial charge in [0.05, 0.1) is 0 Å². The molecular formula is C7H21N5O2Se2. The number of hydrogen-bond donors (Lipinski definition) is 6. The third-order valence-electron chi connectivity index (χ3n) is 0.486. The van der Waals surface area contributed by atoms with Crippen LogP contribution < -0.4 is 22.9 Å². The van der Waals surface area contributed by atoms with E-state index >= 15 is 0 Å². The van der Waals surface area contributed by atoms with Gasteiger partial charge in [-0.25, -0.2) is 0 Å². The molecule has 0 unspecified atom stereocenters. The average molecular weight is 365 g/mol. The van der Waals surface area contributed by atoms with Crippen molar-refractivity contribution in [2.45, 2.75) is 17.6 Å². The topological polar surface area (TPSA) is 165 Å². The summed E-state index contributed by atoms with van der Waals surface area (Å²) in [5.41, 5.74) is 19.6. The first kappa shape index (κ1) is 21.0. The van der Waals surface area contributed by atoms with Gasteiger partial charge in [-0.3, -0.25) is 10.2 Å². The zero-order valence-corrected chi connectivity index (χ0v) is 12.7. The Morgan fingerprint density at radius 2 is 1.38 bits per heavy atom.